The Morgan fingerprint density at radius 3 is 1.80 bits per heavy atom. The van der Waals surface area contributed by atoms with Crippen molar-refractivity contribution in [3.63, 3.8) is 0 Å². The minimum Gasteiger partial charge on any atom is -0.449 e. The molecule has 1 heterocycles. The van der Waals surface area contributed by atoms with Crippen LogP contribution in [-0.2, 0) is 0 Å². The molecular weight excluding hydrogens is 186 g/mol. The minimum absolute atomic E-state index is 0.718. The number of hydrogen-bond acceptors (Lipinski definition) is 2. The van der Waals surface area contributed by atoms with Crippen molar-refractivity contribution in [3.8, 4) is 0 Å². The Morgan fingerprint density at radius 2 is 1.60 bits per heavy atom. The van der Waals surface area contributed by atoms with Crippen LogP contribution in [0.1, 0.15) is 25.3 Å². The lowest BCUT2D eigenvalue weighted by Gasteiger charge is -1.82. The van der Waals surface area contributed by atoms with E-state index in [1.54, 1.807) is 19.4 Å². The molecule has 15 heavy (non-hydrogen) atoms. The molecule has 0 radical (unpaired) electrons. The highest BCUT2D eigenvalue weighted by Crippen LogP contribution is 1.92. The summed E-state index contributed by atoms with van der Waals surface area (Å²) in [5.74, 6) is 0.718. The molecule has 0 saturated heterocycles. The lowest BCUT2D eigenvalue weighted by atomic mass is 10.2. The summed E-state index contributed by atoms with van der Waals surface area (Å²) in [6.45, 7) is 7.89. The van der Waals surface area contributed by atoms with Crippen molar-refractivity contribution in [2.75, 3.05) is 0 Å². The summed E-state index contributed by atoms with van der Waals surface area (Å²) in [6.07, 6.45) is 3.17. The third kappa shape index (κ3) is 7.50. The monoisotopic (exact) mass is 205 g/mol. The SMILES string of the molecule is CC.Cc1ccccc1.Cc1ncco1. The average Bonchev–Trinajstić information content (AvgIpc) is 2.74. The third-order valence-corrected chi connectivity index (χ3v) is 1.50. The molecule has 2 aromatic rings. The van der Waals surface area contributed by atoms with E-state index >= 15 is 0 Å². The van der Waals surface area contributed by atoms with E-state index in [1.165, 1.54) is 5.56 Å². The van der Waals surface area contributed by atoms with Crippen molar-refractivity contribution in [2.45, 2.75) is 27.7 Å². The van der Waals surface area contributed by atoms with Gasteiger partial charge in [-0.25, -0.2) is 4.98 Å². The Bertz CT molecular complexity index is 314. The summed E-state index contributed by atoms with van der Waals surface area (Å²) in [4.78, 5) is 3.75. The number of benzene rings is 1. The second-order valence-corrected chi connectivity index (χ2v) is 2.71. The van der Waals surface area contributed by atoms with E-state index in [9.17, 15) is 0 Å². The van der Waals surface area contributed by atoms with Gasteiger partial charge in [0.25, 0.3) is 0 Å². The number of aryl methyl sites for hydroxylation is 2. The van der Waals surface area contributed by atoms with Gasteiger partial charge in [0.1, 0.15) is 6.26 Å². The van der Waals surface area contributed by atoms with Crippen LogP contribution in [0.5, 0.6) is 0 Å². The summed E-state index contributed by atoms with van der Waals surface area (Å²) in [6, 6.07) is 10.3. The van der Waals surface area contributed by atoms with Crippen LogP contribution in [0.25, 0.3) is 0 Å². The molecule has 0 fully saturated rings. The van der Waals surface area contributed by atoms with E-state index in [4.69, 9.17) is 4.42 Å². The Hall–Kier alpha value is -1.57. The summed E-state index contributed by atoms with van der Waals surface area (Å²) in [7, 11) is 0. The van der Waals surface area contributed by atoms with E-state index < -0.39 is 0 Å². The molecule has 2 rings (SSSR count). The van der Waals surface area contributed by atoms with Crippen LogP contribution < -0.4 is 0 Å². The number of oxazole rings is 1. The molecule has 2 nitrogen and oxygen atoms in total. The summed E-state index contributed by atoms with van der Waals surface area (Å²) in [5.41, 5.74) is 1.32. The molecular formula is C13H19NO. The first-order valence-corrected chi connectivity index (χ1v) is 5.17. The van der Waals surface area contributed by atoms with E-state index in [0.29, 0.717) is 0 Å². The summed E-state index contributed by atoms with van der Waals surface area (Å²) < 4.78 is 4.72. The maximum Gasteiger partial charge on any atom is 0.190 e. The van der Waals surface area contributed by atoms with Crippen LogP contribution in [0, 0.1) is 13.8 Å². The van der Waals surface area contributed by atoms with Crippen LogP contribution in [-0.4, -0.2) is 4.98 Å². The molecule has 0 aliphatic carbocycles. The van der Waals surface area contributed by atoms with Gasteiger partial charge >= 0.3 is 0 Å². The number of rotatable bonds is 0. The van der Waals surface area contributed by atoms with E-state index in [2.05, 4.69) is 24.0 Å². The van der Waals surface area contributed by atoms with Crippen molar-refractivity contribution in [2.24, 2.45) is 0 Å². The first-order chi connectivity index (χ1) is 7.29. The zero-order chi connectivity index (χ0) is 11.5. The van der Waals surface area contributed by atoms with Crippen LogP contribution in [0.15, 0.2) is 47.2 Å². The third-order valence-electron chi connectivity index (χ3n) is 1.50. The van der Waals surface area contributed by atoms with Gasteiger partial charge in [-0.3, -0.25) is 0 Å². The predicted molar refractivity (Wildman–Crippen MR) is 63.8 cm³/mol. The smallest absolute Gasteiger partial charge is 0.190 e. The molecule has 0 atom stereocenters. The van der Waals surface area contributed by atoms with Gasteiger partial charge in [0.2, 0.25) is 0 Å². The molecule has 0 bridgehead atoms. The van der Waals surface area contributed by atoms with Gasteiger partial charge in [-0.2, -0.15) is 0 Å². The number of aromatic nitrogens is 1. The second-order valence-electron chi connectivity index (χ2n) is 2.71. The quantitative estimate of drug-likeness (QED) is 0.649. The Labute approximate surface area is 92.0 Å². The van der Waals surface area contributed by atoms with E-state index in [0.717, 1.165) is 5.89 Å². The fourth-order valence-corrected chi connectivity index (χ4v) is 0.829. The molecule has 0 amide bonds. The zero-order valence-electron chi connectivity index (χ0n) is 9.90. The van der Waals surface area contributed by atoms with Crippen LogP contribution in [0.4, 0.5) is 0 Å². The van der Waals surface area contributed by atoms with Crippen molar-refractivity contribution in [1.82, 2.24) is 4.98 Å². The average molecular weight is 205 g/mol. The van der Waals surface area contributed by atoms with Crippen molar-refractivity contribution < 1.29 is 4.42 Å². The van der Waals surface area contributed by atoms with Gasteiger partial charge < -0.3 is 4.42 Å². The van der Waals surface area contributed by atoms with Gasteiger partial charge in [0.15, 0.2) is 5.89 Å². The van der Waals surface area contributed by atoms with E-state index in [1.807, 2.05) is 32.0 Å². The standard InChI is InChI=1S/C7H8.C4H5NO.C2H6/c1-7-5-3-2-4-6-7;1-4-5-2-3-6-4;1-2/h2-6H,1H3;2-3H,1H3;1-2H3. The molecule has 0 spiro atoms. The normalized spacial score (nSPS) is 8.00. The van der Waals surface area contributed by atoms with Gasteiger partial charge in [0, 0.05) is 6.92 Å². The van der Waals surface area contributed by atoms with Crippen LogP contribution >= 0.6 is 0 Å². The van der Waals surface area contributed by atoms with Crippen molar-refractivity contribution in [3.05, 3.63) is 54.2 Å². The summed E-state index contributed by atoms with van der Waals surface area (Å²) in [5, 5.41) is 0. The highest BCUT2D eigenvalue weighted by Gasteiger charge is 1.77. The Kier molecular flexibility index (Phi) is 8.06. The fraction of sp³-hybridized carbons (Fsp3) is 0.308. The lowest BCUT2D eigenvalue weighted by molar-refractivity contribution is 0.521. The van der Waals surface area contributed by atoms with Crippen molar-refractivity contribution in [1.29, 1.82) is 0 Å². The van der Waals surface area contributed by atoms with Crippen molar-refractivity contribution >= 4 is 0 Å². The molecule has 0 aliphatic heterocycles. The van der Waals surface area contributed by atoms with Crippen LogP contribution in [0.3, 0.4) is 0 Å². The van der Waals surface area contributed by atoms with Gasteiger partial charge in [-0.05, 0) is 6.92 Å². The molecule has 1 aromatic carbocycles. The maximum absolute atomic E-state index is 4.72. The Morgan fingerprint density at radius 1 is 1.00 bits per heavy atom. The highest BCUT2D eigenvalue weighted by atomic mass is 16.3. The van der Waals surface area contributed by atoms with Crippen LogP contribution in [0.2, 0.25) is 0 Å². The highest BCUT2D eigenvalue weighted by molar-refractivity contribution is 5.11. The Balaban J connectivity index is 0.000000227. The molecule has 2 heteroatoms. The largest absolute Gasteiger partial charge is 0.449 e. The maximum atomic E-state index is 4.72. The van der Waals surface area contributed by atoms with Gasteiger partial charge in [-0.15, -0.1) is 0 Å². The molecule has 1 aromatic heterocycles. The first-order valence-electron chi connectivity index (χ1n) is 5.17. The number of nitrogens with zero attached hydrogens (tertiary/aromatic N) is 1. The zero-order valence-corrected chi connectivity index (χ0v) is 9.90. The van der Waals surface area contributed by atoms with Gasteiger partial charge in [-0.1, -0.05) is 49.7 Å². The molecule has 0 saturated carbocycles. The second kappa shape index (κ2) is 9.00. The number of hydrogen-bond donors (Lipinski definition) is 0. The summed E-state index contributed by atoms with van der Waals surface area (Å²) >= 11 is 0. The topological polar surface area (TPSA) is 26.0 Å². The first kappa shape index (κ1) is 13.4. The predicted octanol–water partition coefficient (Wildman–Crippen LogP) is 4.00. The minimum atomic E-state index is 0.718. The van der Waals surface area contributed by atoms with Gasteiger partial charge in [0.05, 0.1) is 6.20 Å². The fourth-order valence-electron chi connectivity index (χ4n) is 0.829. The molecule has 0 N–H and O–H groups in total. The van der Waals surface area contributed by atoms with E-state index in [-0.39, 0.29) is 0 Å². The molecule has 0 aliphatic rings. The molecule has 0 unspecified atom stereocenters. The lowest BCUT2D eigenvalue weighted by Crippen LogP contribution is -1.62. The molecule has 82 valence electrons.